The summed E-state index contributed by atoms with van der Waals surface area (Å²) in [6, 6.07) is 9.04. The molecular weight excluding hydrogens is 334 g/mol. The van der Waals surface area contributed by atoms with E-state index >= 15 is 0 Å². The van der Waals surface area contributed by atoms with Crippen molar-refractivity contribution >= 4 is 28.2 Å². The Labute approximate surface area is 152 Å². The van der Waals surface area contributed by atoms with Gasteiger partial charge in [0.2, 0.25) is 0 Å². The third-order valence-electron chi connectivity index (χ3n) is 4.32. The molecule has 0 bridgehead atoms. The number of anilines is 1. The van der Waals surface area contributed by atoms with Crippen LogP contribution in [-0.2, 0) is 17.6 Å². The summed E-state index contributed by atoms with van der Waals surface area (Å²) in [7, 11) is 0. The lowest BCUT2D eigenvalue weighted by Gasteiger charge is -2.18. The molecule has 0 fully saturated rings. The van der Waals surface area contributed by atoms with E-state index in [1.54, 1.807) is 12.1 Å². The van der Waals surface area contributed by atoms with Crippen LogP contribution in [0.3, 0.4) is 0 Å². The topological polar surface area (TPSA) is 55.4 Å². The maximum absolute atomic E-state index is 12.6. The van der Waals surface area contributed by atoms with Crippen molar-refractivity contribution in [3.63, 3.8) is 0 Å². The summed E-state index contributed by atoms with van der Waals surface area (Å²) < 4.78 is 5.43. The van der Waals surface area contributed by atoms with Crippen LogP contribution >= 0.6 is 11.3 Å². The number of nitrogens with one attached hydrogen (secondary N) is 1. The Morgan fingerprint density at radius 2 is 1.96 bits per heavy atom. The smallest absolute Gasteiger partial charge is 0.341 e. The van der Waals surface area contributed by atoms with Crippen molar-refractivity contribution in [3.05, 3.63) is 51.9 Å². The standard InChI is InChI=1S/C20H23NO3S/c1-12(2)24-20(23)17-15-10-9-13(3)11-16(15)25-19(17)21-18(22)14-7-5-4-6-8-14/h4-8,12-13H,9-11H2,1-3H3,(H,21,22). The van der Waals surface area contributed by atoms with Crippen LogP contribution in [0.2, 0.25) is 0 Å². The Morgan fingerprint density at radius 1 is 1.24 bits per heavy atom. The molecule has 0 saturated carbocycles. The number of hydrogen-bond acceptors (Lipinski definition) is 4. The molecule has 0 saturated heterocycles. The van der Waals surface area contributed by atoms with Crippen LogP contribution in [0.15, 0.2) is 30.3 Å². The fraction of sp³-hybridized carbons (Fsp3) is 0.400. The molecule has 1 unspecified atom stereocenters. The Bertz CT molecular complexity index is 780. The van der Waals surface area contributed by atoms with Gasteiger partial charge in [0.25, 0.3) is 5.91 Å². The van der Waals surface area contributed by atoms with Gasteiger partial charge < -0.3 is 10.1 Å². The molecule has 1 aliphatic carbocycles. The van der Waals surface area contributed by atoms with Crippen molar-refractivity contribution in [2.75, 3.05) is 5.32 Å². The minimum Gasteiger partial charge on any atom is -0.459 e. The number of hydrogen-bond donors (Lipinski definition) is 1. The predicted molar refractivity (Wildman–Crippen MR) is 100 cm³/mol. The molecular formula is C20H23NO3S. The van der Waals surface area contributed by atoms with E-state index in [-0.39, 0.29) is 18.0 Å². The van der Waals surface area contributed by atoms with Crippen LogP contribution in [0.4, 0.5) is 5.00 Å². The number of esters is 1. The molecule has 0 radical (unpaired) electrons. The molecule has 25 heavy (non-hydrogen) atoms. The van der Waals surface area contributed by atoms with Gasteiger partial charge in [-0.2, -0.15) is 0 Å². The van der Waals surface area contributed by atoms with Crippen molar-refractivity contribution in [2.24, 2.45) is 5.92 Å². The number of benzene rings is 1. The zero-order valence-electron chi connectivity index (χ0n) is 14.8. The highest BCUT2D eigenvalue weighted by atomic mass is 32.1. The van der Waals surface area contributed by atoms with Crippen molar-refractivity contribution in [1.29, 1.82) is 0 Å². The molecule has 0 aliphatic heterocycles. The summed E-state index contributed by atoms with van der Waals surface area (Å²) in [6.07, 6.45) is 2.67. The normalized spacial score (nSPS) is 16.4. The summed E-state index contributed by atoms with van der Waals surface area (Å²) in [5.41, 5.74) is 2.17. The van der Waals surface area contributed by atoms with Gasteiger partial charge in [-0.05, 0) is 56.7 Å². The second kappa shape index (κ2) is 7.40. The van der Waals surface area contributed by atoms with Crippen LogP contribution in [0.25, 0.3) is 0 Å². The van der Waals surface area contributed by atoms with Crippen LogP contribution < -0.4 is 5.32 Å². The van der Waals surface area contributed by atoms with Crippen LogP contribution in [0.1, 0.15) is 58.3 Å². The first-order valence-corrected chi connectivity index (χ1v) is 9.49. The fourth-order valence-electron chi connectivity index (χ4n) is 3.09. The summed E-state index contributed by atoms with van der Waals surface area (Å²) in [5, 5.41) is 3.54. The highest BCUT2D eigenvalue weighted by Crippen LogP contribution is 2.40. The summed E-state index contributed by atoms with van der Waals surface area (Å²) in [5.74, 6) is 0.0500. The van der Waals surface area contributed by atoms with E-state index in [0.29, 0.717) is 22.0 Å². The molecule has 1 heterocycles. The minimum atomic E-state index is -0.342. The number of carbonyl (C=O) groups is 2. The molecule has 1 aromatic carbocycles. The lowest BCUT2D eigenvalue weighted by atomic mass is 9.88. The Kier molecular flexibility index (Phi) is 5.23. The molecule has 0 spiro atoms. The molecule has 2 aromatic rings. The lowest BCUT2D eigenvalue weighted by Crippen LogP contribution is -2.18. The third kappa shape index (κ3) is 3.93. The maximum Gasteiger partial charge on any atom is 0.341 e. The summed E-state index contributed by atoms with van der Waals surface area (Å²) in [4.78, 5) is 26.4. The number of thiophene rings is 1. The first-order valence-electron chi connectivity index (χ1n) is 8.67. The second-order valence-corrected chi connectivity index (χ2v) is 7.94. The van der Waals surface area contributed by atoms with E-state index in [9.17, 15) is 9.59 Å². The zero-order chi connectivity index (χ0) is 18.0. The molecule has 1 aromatic heterocycles. The van der Waals surface area contributed by atoms with Gasteiger partial charge >= 0.3 is 5.97 Å². The Balaban J connectivity index is 1.94. The fourth-order valence-corrected chi connectivity index (χ4v) is 4.49. The molecule has 5 heteroatoms. The molecule has 132 valence electrons. The van der Waals surface area contributed by atoms with Gasteiger partial charge in [0.05, 0.1) is 11.7 Å². The number of rotatable bonds is 4. The average Bonchev–Trinajstić information content (AvgIpc) is 2.91. The highest BCUT2D eigenvalue weighted by Gasteiger charge is 2.29. The van der Waals surface area contributed by atoms with Crippen LogP contribution in [0.5, 0.6) is 0 Å². The first kappa shape index (κ1) is 17.7. The molecule has 1 amide bonds. The van der Waals surface area contributed by atoms with E-state index in [0.717, 1.165) is 24.8 Å². The van der Waals surface area contributed by atoms with Gasteiger partial charge in [-0.25, -0.2) is 4.79 Å². The molecule has 1 aliphatic rings. The van der Waals surface area contributed by atoms with Crippen LogP contribution in [-0.4, -0.2) is 18.0 Å². The van der Waals surface area contributed by atoms with Crippen LogP contribution in [0, 0.1) is 5.92 Å². The predicted octanol–water partition coefficient (Wildman–Crippen LogP) is 4.69. The van der Waals surface area contributed by atoms with E-state index in [4.69, 9.17) is 4.74 Å². The molecule has 3 rings (SSSR count). The minimum absolute atomic E-state index is 0.191. The summed E-state index contributed by atoms with van der Waals surface area (Å²) in [6.45, 7) is 5.89. The van der Waals surface area contributed by atoms with E-state index in [1.165, 1.54) is 16.2 Å². The van der Waals surface area contributed by atoms with Gasteiger partial charge in [0.15, 0.2) is 0 Å². The van der Waals surface area contributed by atoms with Crippen molar-refractivity contribution < 1.29 is 14.3 Å². The van der Waals surface area contributed by atoms with Gasteiger partial charge in [0, 0.05) is 10.4 Å². The highest BCUT2D eigenvalue weighted by molar-refractivity contribution is 7.17. The van der Waals surface area contributed by atoms with Gasteiger partial charge in [-0.1, -0.05) is 25.1 Å². The van der Waals surface area contributed by atoms with Crippen molar-refractivity contribution in [2.45, 2.75) is 46.1 Å². The molecule has 1 N–H and O–H groups in total. The SMILES string of the molecule is CC1CCc2c(sc(NC(=O)c3ccccc3)c2C(=O)OC(C)C)C1. The number of amides is 1. The molecule has 1 atom stereocenters. The first-order chi connectivity index (χ1) is 12.0. The molecule has 4 nitrogen and oxygen atoms in total. The largest absolute Gasteiger partial charge is 0.459 e. The Hall–Kier alpha value is -2.14. The number of fused-ring (bicyclic) bond motifs is 1. The van der Waals surface area contributed by atoms with Gasteiger partial charge in [-0.3, -0.25) is 4.79 Å². The zero-order valence-corrected chi connectivity index (χ0v) is 15.6. The monoisotopic (exact) mass is 357 g/mol. The number of ether oxygens (including phenoxy) is 1. The lowest BCUT2D eigenvalue weighted by molar-refractivity contribution is 0.0378. The van der Waals surface area contributed by atoms with Crippen molar-refractivity contribution in [1.82, 2.24) is 0 Å². The summed E-state index contributed by atoms with van der Waals surface area (Å²) >= 11 is 1.51. The van der Waals surface area contributed by atoms with Crippen molar-refractivity contribution in [3.8, 4) is 0 Å². The van der Waals surface area contributed by atoms with E-state index < -0.39 is 0 Å². The Morgan fingerprint density at radius 3 is 2.64 bits per heavy atom. The number of carbonyl (C=O) groups excluding carboxylic acids is 2. The second-order valence-electron chi connectivity index (χ2n) is 6.83. The van der Waals surface area contributed by atoms with E-state index in [1.807, 2.05) is 32.0 Å². The third-order valence-corrected chi connectivity index (χ3v) is 5.49. The van der Waals surface area contributed by atoms with Gasteiger partial charge in [0.1, 0.15) is 5.00 Å². The van der Waals surface area contributed by atoms with E-state index in [2.05, 4.69) is 12.2 Å². The van der Waals surface area contributed by atoms with Gasteiger partial charge in [-0.15, -0.1) is 11.3 Å². The average molecular weight is 357 g/mol. The quantitative estimate of drug-likeness (QED) is 0.808. The maximum atomic E-state index is 12.6.